The third kappa shape index (κ3) is 5.33. The molecular weight excluding hydrogens is 451 g/mol. The molecule has 0 N–H and O–H groups in total. The van der Waals surface area contributed by atoms with Crippen LogP contribution in [0.15, 0.2) is 41.4 Å². The average Bonchev–Trinajstić information content (AvgIpc) is 3.03. The summed E-state index contributed by atoms with van der Waals surface area (Å²) in [4.78, 5) is 28.7. The van der Waals surface area contributed by atoms with E-state index in [1.165, 1.54) is 24.5 Å². The summed E-state index contributed by atoms with van der Waals surface area (Å²) in [6.07, 6.45) is 0. The number of ether oxygens (including phenoxy) is 3. The van der Waals surface area contributed by atoms with Gasteiger partial charge in [-0.1, -0.05) is 34.5 Å². The van der Waals surface area contributed by atoms with Crippen LogP contribution in [0.4, 0.5) is 0 Å². The van der Waals surface area contributed by atoms with Crippen LogP contribution in [-0.2, 0) is 20.9 Å². The molecule has 0 aliphatic rings. The molecule has 1 aromatic heterocycles. The molecule has 0 aliphatic heterocycles. The van der Waals surface area contributed by atoms with E-state index in [0.29, 0.717) is 33.0 Å². The van der Waals surface area contributed by atoms with Crippen molar-refractivity contribution in [2.24, 2.45) is 4.99 Å². The molecule has 30 heavy (non-hydrogen) atoms. The third-order valence-electron chi connectivity index (χ3n) is 3.95. The van der Waals surface area contributed by atoms with Crippen molar-refractivity contribution in [2.75, 3.05) is 20.3 Å². The summed E-state index contributed by atoms with van der Waals surface area (Å²) in [7, 11) is 1.30. The molecule has 0 unspecified atom stereocenters. The molecule has 1 heterocycles. The van der Waals surface area contributed by atoms with Crippen LogP contribution in [-0.4, -0.2) is 36.8 Å². The van der Waals surface area contributed by atoms with Crippen LogP contribution >= 0.6 is 34.5 Å². The molecule has 1 amide bonds. The molecule has 0 spiro atoms. The summed E-state index contributed by atoms with van der Waals surface area (Å²) in [5.41, 5.74) is 0.738. The zero-order chi connectivity index (χ0) is 21.7. The van der Waals surface area contributed by atoms with E-state index in [4.69, 9.17) is 37.4 Å². The number of methoxy groups -OCH3 is 1. The Bertz CT molecular complexity index is 1160. The van der Waals surface area contributed by atoms with Gasteiger partial charge in [0, 0.05) is 5.02 Å². The lowest BCUT2D eigenvalue weighted by molar-refractivity contribution is -0.141. The Morgan fingerprint density at radius 1 is 1.13 bits per heavy atom. The monoisotopic (exact) mass is 468 g/mol. The van der Waals surface area contributed by atoms with Crippen LogP contribution in [0.25, 0.3) is 10.2 Å². The van der Waals surface area contributed by atoms with Crippen molar-refractivity contribution >= 4 is 56.6 Å². The summed E-state index contributed by atoms with van der Waals surface area (Å²) in [6, 6.07) is 10.1. The topological polar surface area (TPSA) is 79.1 Å². The highest BCUT2D eigenvalue weighted by molar-refractivity contribution is 7.16. The second-order valence-corrected chi connectivity index (χ2v) is 7.83. The van der Waals surface area contributed by atoms with Gasteiger partial charge in [0.1, 0.15) is 18.0 Å². The molecule has 3 rings (SSSR count). The number of carbonyl (C=O) groups excluding carboxylic acids is 2. The molecule has 0 fully saturated rings. The lowest BCUT2D eigenvalue weighted by Crippen LogP contribution is -2.23. The van der Waals surface area contributed by atoms with Crippen LogP contribution in [0, 0.1) is 0 Å². The SMILES string of the molecule is CCOc1ccc2c(c1)sc(=NC(=O)COc1ccc(Cl)cc1Cl)n2CC(=O)OC. The second kappa shape index (κ2) is 9.97. The third-order valence-corrected chi connectivity index (χ3v) is 5.52. The van der Waals surface area contributed by atoms with E-state index in [1.54, 1.807) is 22.8 Å². The fourth-order valence-electron chi connectivity index (χ4n) is 2.61. The molecule has 2 aromatic carbocycles. The first-order chi connectivity index (χ1) is 14.4. The zero-order valence-electron chi connectivity index (χ0n) is 16.2. The predicted molar refractivity (Wildman–Crippen MR) is 116 cm³/mol. The fourth-order valence-corrected chi connectivity index (χ4v) is 4.15. The maximum Gasteiger partial charge on any atom is 0.325 e. The highest BCUT2D eigenvalue weighted by Gasteiger charge is 2.13. The minimum atomic E-state index is -0.531. The van der Waals surface area contributed by atoms with Crippen molar-refractivity contribution < 1.29 is 23.8 Å². The van der Waals surface area contributed by atoms with Crippen LogP contribution < -0.4 is 14.3 Å². The molecule has 0 atom stereocenters. The van der Waals surface area contributed by atoms with E-state index in [-0.39, 0.29) is 13.2 Å². The summed E-state index contributed by atoms with van der Waals surface area (Å²) < 4.78 is 18.2. The number of amides is 1. The number of benzene rings is 2. The largest absolute Gasteiger partial charge is 0.494 e. The van der Waals surface area contributed by atoms with E-state index in [2.05, 4.69) is 4.99 Å². The molecule has 0 aliphatic carbocycles. The summed E-state index contributed by atoms with van der Waals surface area (Å²) in [6.45, 7) is 2.01. The van der Waals surface area contributed by atoms with E-state index in [9.17, 15) is 9.59 Å². The average molecular weight is 469 g/mol. The van der Waals surface area contributed by atoms with E-state index >= 15 is 0 Å². The first-order valence-electron chi connectivity index (χ1n) is 8.89. The standard InChI is InChI=1S/C20H18Cl2N2O5S/c1-3-28-13-5-6-15-17(9-13)30-20(24(15)10-19(26)27-2)23-18(25)11-29-16-7-4-12(21)8-14(16)22/h4-9H,3,10-11H2,1-2H3. The number of carbonyl (C=O) groups is 2. The maximum atomic E-state index is 12.4. The Morgan fingerprint density at radius 3 is 2.63 bits per heavy atom. The van der Waals surface area contributed by atoms with Crippen molar-refractivity contribution in [1.82, 2.24) is 4.57 Å². The van der Waals surface area contributed by atoms with Gasteiger partial charge in [-0.25, -0.2) is 0 Å². The lowest BCUT2D eigenvalue weighted by Gasteiger charge is -2.06. The van der Waals surface area contributed by atoms with Crippen molar-refractivity contribution in [3.8, 4) is 11.5 Å². The minimum absolute atomic E-state index is 0.0829. The van der Waals surface area contributed by atoms with Gasteiger partial charge in [0.05, 0.1) is 29.0 Å². The molecule has 7 nitrogen and oxygen atoms in total. The number of halogens is 2. The second-order valence-electron chi connectivity index (χ2n) is 5.98. The van der Waals surface area contributed by atoms with Crippen molar-refractivity contribution in [1.29, 1.82) is 0 Å². The number of thiazole rings is 1. The van der Waals surface area contributed by atoms with Crippen LogP contribution in [0.5, 0.6) is 11.5 Å². The highest BCUT2D eigenvalue weighted by Crippen LogP contribution is 2.27. The van der Waals surface area contributed by atoms with Gasteiger partial charge in [0.25, 0.3) is 5.91 Å². The molecule has 158 valence electrons. The van der Waals surface area contributed by atoms with Gasteiger partial charge in [-0.05, 0) is 43.3 Å². The summed E-state index contributed by atoms with van der Waals surface area (Å²) in [5.74, 6) is 0.0257. The molecule has 0 bridgehead atoms. The molecule has 3 aromatic rings. The number of rotatable bonds is 7. The number of fused-ring (bicyclic) bond motifs is 1. The first kappa shape index (κ1) is 22.1. The smallest absolute Gasteiger partial charge is 0.325 e. The van der Waals surface area contributed by atoms with Crippen LogP contribution in [0.3, 0.4) is 0 Å². The number of nitrogens with zero attached hydrogens (tertiary/aromatic N) is 2. The fraction of sp³-hybridized carbons (Fsp3) is 0.250. The van der Waals surface area contributed by atoms with Crippen molar-refractivity contribution in [3.63, 3.8) is 0 Å². The van der Waals surface area contributed by atoms with Gasteiger partial charge in [0.15, 0.2) is 11.4 Å². The molecular formula is C20H18Cl2N2O5S. The maximum absolute atomic E-state index is 12.4. The Labute approximate surface area is 186 Å². The Kier molecular flexibility index (Phi) is 7.36. The van der Waals surface area contributed by atoms with Crippen molar-refractivity contribution in [3.05, 3.63) is 51.2 Å². The van der Waals surface area contributed by atoms with Crippen molar-refractivity contribution in [2.45, 2.75) is 13.5 Å². The summed E-state index contributed by atoms with van der Waals surface area (Å²) in [5, 5.41) is 0.755. The highest BCUT2D eigenvalue weighted by atomic mass is 35.5. The predicted octanol–water partition coefficient (Wildman–Crippen LogP) is 4.09. The molecule has 10 heteroatoms. The number of hydrogen-bond acceptors (Lipinski definition) is 6. The van der Waals surface area contributed by atoms with Gasteiger partial charge in [-0.2, -0.15) is 4.99 Å². The van der Waals surface area contributed by atoms with Gasteiger partial charge in [0.2, 0.25) is 0 Å². The number of hydrogen-bond donors (Lipinski definition) is 0. The molecule has 0 saturated carbocycles. The Morgan fingerprint density at radius 2 is 1.93 bits per heavy atom. The summed E-state index contributed by atoms with van der Waals surface area (Å²) >= 11 is 13.2. The minimum Gasteiger partial charge on any atom is -0.494 e. The number of aromatic nitrogens is 1. The number of esters is 1. The lowest BCUT2D eigenvalue weighted by atomic mass is 10.3. The first-order valence-corrected chi connectivity index (χ1v) is 10.5. The van der Waals surface area contributed by atoms with Gasteiger partial charge in [-0.15, -0.1) is 0 Å². The van der Waals surface area contributed by atoms with E-state index < -0.39 is 11.9 Å². The van der Waals surface area contributed by atoms with Gasteiger partial charge in [-0.3, -0.25) is 9.59 Å². The quantitative estimate of drug-likeness (QED) is 0.487. The van der Waals surface area contributed by atoms with E-state index in [0.717, 1.165) is 10.2 Å². The Hall–Kier alpha value is -2.55. The van der Waals surface area contributed by atoms with Gasteiger partial charge >= 0.3 is 5.97 Å². The molecule has 0 radical (unpaired) electrons. The van der Waals surface area contributed by atoms with E-state index in [1.807, 2.05) is 19.1 Å². The molecule has 0 saturated heterocycles. The normalized spacial score (nSPS) is 11.5. The van der Waals surface area contributed by atoms with Gasteiger partial charge < -0.3 is 18.8 Å². The Balaban J connectivity index is 1.91. The zero-order valence-corrected chi connectivity index (χ0v) is 18.5. The van der Waals surface area contributed by atoms with Crippen LogP contribution in [0.1, 0.15) is 6.92 Å². The van der Waals surface area contributed by atoms with Crippen LogP contribution in [0.2, 0.25) is 10.0 Å².